The summed E-state index contributed by atoms with van der Waals surface area (Å²) >= 11 is 5.13. The van der Waals surface area contributed by atoms with Crippen LogP contribution < -0.4 is 10.5 Å². The summed E-state index contributed by atoms with van der Waals surface area (Å²) in [7, 11) is 1.92. The molecule has 0 saturated heterocycles. The Balaban J connectivity index is 2.45. The van der Waals surface area contributed by atoms with Crippen LogP contribution in [0, 0.1) is 4.77 Å². The van der Waals surface area contributed by atoms with Crippen molar-refractivity contribution in [3.05, 3.63) is 23.0 Å². The lowest BCUT2D eigenvalue weighted by Crippen LogP contribution is -2.10. The lowest BCUT2D eigenvalue weighted by molar-refractivity contribution is 0.328. The normalized spacial score (nSPS) is 10.8. The molecule has 0 amide bonds. The second-order valence-electron chi connectivity index (χ2n) is 3.31. The summed E-state index contributed by atoms with van der Waals surface area (Å²) in [6.07, 6.45) is 0. The molecule has 5 heteroatoms. The van der Waals surface area contributed by atoms with Crippen molar-refractivity contribution in [3.8, 4) is 5.75 Å². The minimum atomic E-state index is 0.517. The highest BCUT2D eigenvalue weighted by atomic mass is 32.1. The number of rotatable bonds is 3. The fourth-order valence-electron chi connectivity index (χ4n) is 1.47. The van der Waals surface area contributed by atoms with Gasteiger partial charge in [-0.2, -0.15) is 0 Å². The van der Waals surface area contributed by atoms with Crippen molar-refractivity contribution < 1.29 is 4.74 Å². The van der Waals surface area contributed by atoms with Crippen LogP contribution in [-0.4, -0.2) is 22.7 Å². The van der Waals surface area contributed by atoms with E-state index in [1.165, 1.54) is 0 Å². The average molecular weight is 223 g/mol. The number of benzene rings is 1. The highest BCUT2D eigenvalue weighted by molar-refractivity contribution is 7.71. The van der Waals surface area contributed by atoms with E-state index >= 15 is 0 Å². The molecule has 0 saturated carbocycles. The van der Waals surface area contributed by atoms with Gasteiger partial charge in [0.15, 0.2) is 4.77 Å². The Morgan fingerprint density at radius 3 is 3.07 bits per heavy atom. The van der Waals surface area contributed by atoms with E-state index in [2.05, 4.69) is 4.98 Å². The molecule has 0 aliphatic heterocycles. The number of aromatic amines is 1. The number of aromatic nitrogens is 2. The molecule has 0 aliphatic rings. The van der Waals surface area contributed by atoms with Gasteiger partial charge in [-0.3, -0.25) is 0 Å². The predicted octanol–water partition coefficient (Wildman–Crippen LogP) is 1.57. The number of ether oxygens (including phenoxy) is 1. The first-order valence-electron chi connectivity index (χ1n) is 4.74. The largest absolute Gasteiger partial charge is 0.492 e. The molecule has 0 fully saturated rings. The molecule has 15 heavy (non-hydrogen) atoms. The van der Waals surface area contributed by atoms with Crippen LogP contribution >= 0.6 is 12.2 Å². The van der Waals surface area contributed by atoms with Crippen LogP contribution in [0.5, 0.6) is 5.75 Å². The van der Waals surface area contributed by atoms with E-state index in [9.17, 15) is 0 Å². The van der Waals surface area contributed by atoms with Crippen molar-refractivity contribution in [2.75, 3.05) is 13.2 Å². The molecule has 0 aliphatic carbocycles. The van der Waals surface area contributed by atoms with Gasteiger partial charge in [-0.25, -0.2) is 0 Å². The highest BCUT2D eigenvalue weighted by Gasteiger charge is 2.02. The van der Waals surface area contributed by atoms with Crippen molar-refractivity contribution in [1.29, 1.82) is 0 Å². The van der Waals surface area contributed by atoms with Gasteiger partial charge in [0.25, 0.3) is 0 Å². The Morgan fingerprint density at radius 1 is 1.53 bits per heavy atom. The topological polar surface area (TPSA) is 56.0 Å². The molecule has 0 atom stereocenters. The molecule has 1 aromatic carbocycles. The van der Waals surface area contributed by atoms with E-state index in [-0.39, 0.29) is 0 Å². The molecule has 0 spiro atoms. The van der Waals surface area contributed by atoms with Gasteiger partial charge in [-0.1, -0.05) is 0 Å². The first-order chi connectivity index (χ1) is 7.22. The quantitative estimate of drug-likeness (QED) is 0.777. The van der Waals surface area contributed by atoms with Crippen LogP contribution in [0.2, 0.25) is 0 Å². The lowest BCUT2D eigenvalue weighted by Gasteiger charge is -2.04. The van der Waals surface area contributed by atoms with Crippen LogP contribution in [0.4, 0.5) is 0 Å². The van der Waals surface area contributed by atoms with Gasteiger partial charge in [0.1, 0.15) is 12.4 Å². The summed E-state index contributed by atoms with van der Waals surface area (Å²) in [6.45, 7) is 1.05. The zero-order chi connectivity index (χ0) is 10.8. The fourth-order valence-corrected chi connectivity index (χ4v) is 1.68. The highest BCUT2D eigenvalue weighted by Crippen LogP contribution is 2.19. The molecule has 0 radical (unpaired) electrons. The maximum atomic E-state index is 5.44. The van der Waals surface area contributed by atoms with Gasteiger partial charge in [-0.15, -0.1) is 0 Å². The summed E-state index contributed by atoms with van der Waals surface area (Å²) in [5, 5.41) is 0. The molecule has 80 valence electrons. The Kier molecular flexibility index (Phi) is 2.75. The Morgan fingerprint density at radius 2 is 2.33 bits per heavy atom. The number of nitrogens with two attached hydrogens (primary N) is 1. The minimum Gasteiger partial charge on any atom is -0.492 e. The lowest BCUT2D eigenvalue weighted by atomic mass is 10.3. The molecule has 3 N–H and O–H groups in total. The number of nitrogens with one attached hydrogen (secondary N) is 1. The first kappa shape index (κ1) is 10.2. The third-order valence-electron chi connectivity index (χ3n) is 2.26. The second-order valence-corrected chi connectivity index (χ2v) is 3.69. The summed E-state index contributed by atoms with van der Waals surface area (Å²) < 4.78 is 8.07. The Labute approximate surface area is 92.7 Å². The number of H-pyrrole nitrogens is 1. The zero-order valence-corrected chi connectivity index (χ0v) is 9.30. The molecule has 4 nitrogen and oxygen atoms in total. The van der Waals surface area contributed by atoms with Gasteiger partial charge in [-0.05, 0) is 24.4 Å². The van der Waals surface area contributed by atoms with Crippen LogP contribution in [0.25, 0.3) is 11.0 Å². The molecule has 2 rings (SSSR count). The first-order valence-corrected chi connectivity index (χ1v) is 5.15. The summed E-state index contributed by atoms with van der Waals surface area (Å²) in [5.41, 5.74) is 7.42. The van der Waals surface area contributed by atoms with Gasteiger partial charge in [0, 0.05) is 19.7 Å². The van der Waals surface area contributed by atoms with Gasteiger partial charge in [0.05, 0.1) is 11.0 Å². The number of nitrogens with zero attached hydrogens (tertiary/aromatic N) is 1. The molecular formula is C10H13N3OS. The average Bonchev–Trinajstić information content (AvgIpc) is 2.52. The SMILES string of the molecule is Cn1c(=S)[nH]c2ccc(OCCN)cc21. The van der Waals surface area contributed by atoms with Crippen LogP contribution in [0.1, 0.15) is 0 Å². The smallest absolute Gasteiger partial charge is 0.177 e. The number of fused-ring (bicyclic) bond motifs is 1. The fraction of sp³-hybridized carbons (Fsp3) is 0.300. The molecule has 2 aromatic rings. The van der Waals surface area contributed by atoms with Crippen LogP contribution in [-0.2, 0) is 7.05 Å². The predicted molar refractivity (Wildman–Crippen MR) is 62.7 cm³/mol. The molecule has 1 aromatic heterocycles. The molecule has 1 heterocycles. The molecule has 0 bridgehead atoms. The van der Waals surface area contributed by atoms with E-state index in [0.29, 0.717) is 17.9 Å². The number of aryl methyl sites for hydroxylation is 1. The van der Waals surface area contributed by atoms with Crippen molar-refractivity contribution in [1.82, 2.24) is 9.55 Å². The van der Waals surface area contributed by atoms with Gasteiger partial charge < -0.3 is 20.0 Å². The standard InChI is InChI=1S/C10H13N3OS/c1-13-9-6-7(14-5-4-11)2-3-8(9)12-10(13)15/h2-3,6H,4-5,11H2,1H3,(H,12,15). The van der Waals surface area contributed by atoms with Gasteiger partial charge >= 0.3 is 0 Å². The molecule has 0 unspecified atom stereocenters. The second kappa shape index (κ2) is 4.04. The minimum absolute atomic E-state index is 0.517. The van der Waals surface area contributed by atoms with E-state index in [0.717, 1.165) is 16.8 Å². The summed E-state index contributed by atoms with van der Waals surface area (Å²) in [5.74, 6) is 0.817. The number of imidazole rings is 1. The Hall–Kier alpha value is -1.33. The van der Waals surface area contributed by atoms with E-state index in [1.54, 1.807) is 0 Å². The third kappa shape index (κ3) is 1.88. The van der Waals surface area contributed by atoms with Crippen LogP contribution in [0.3, 0.4) is 0 Å². The number of hydrogen-bond donors (Lipinski definition) is 2. The maximum Gasteiger partial charge on any atom is 0.177 e. The molecular weight excluding hydrogens is 210 g/mol. The van der Waals surface area contributed by atoms with E-state index in [1.807, 2.05) is 29.8 Å². The Bertz CT molecular complexity index is 529. The van der Waals surface area contributed by atoms with Crippen molar-refractivity contribution in [2.45, 2.75) is 0 Å². The van der Waals surface area contributed by atoms with Crippen molar-refractivity contribution >= 4 is 23.3 Å². The van der Waals surface area contributed by atoms with E-state index in [4.69, 9.17) is 22.7 Å². The van der Waals surface area contributed by atoms with E-state index < -0.39 is 0 Å². The third-order valence-corrected chi connectivity index (χ3v) is 2.64. The monoisotopic (exact) mass is 223 g/mol. The van der Waals surface area contributed by atoms with Gasteiger partial charge in [0.2, 0.25) is 0 Å². The van der Waals surface area contributed by atoms with Crippen molar-refractivity contribution in [3.63, 3.8) is 0 Å². The summed E-state index contributed by atoms with van der Waals surface area (Å²) in [4.78, 5) is 3.11. The zero-order valence-electron chi connectivity index (χ0n) is 8.49. The number of hydrogen-bond acceptors (Lipinski definition) is 3. The van der Waals surface area contributed by atoms with Crippen LogP contribution in [0.15, 0.2) is 18.2 Å². The van der Waals surface area contributed by atoms with Crippen molar-refractivity contribution in [2.24, 2.45) is 12.8 Å². The maximum absolute atomic E-state index is 5.44. The summed E-state index contributed by atoms with van der Waals surface area (Å²) in [6, 6.07) is 5.82.